The number of imidazole rings is 1. The zero-order valence-electron chi connectivity index (χ0n) is 11.0. The fourth-order valence-electron chi connectivity index (χ4n) is 1.97. The number of rotatable bonds is 5. The Bertz CT molecular complexity index is 528. The number of anilines is 1. The van der Waals surface area contributed by atoms with Gasteiger partial charge in [-0.25, -0.2) is 4.98 Å². The van der Waals surface area contributed by atoms with Gasteiger partial charge in [-0.15, -0.1) is 0 Å². The van der Waals surface area contributed by atoms with Gasteiger partial charge in [0.15, 0.2) is 0 Å². The van der Waals surface area contributed by atoms with Crippen molar-refractivity contribution in [3.05, 3.63) is 48.0 Å². The van der Waals surface area contributed by atoms with E-state index < -0.39 is 0 Å². The van der Waals surface area contributed by atoms with Crippen molar-refractivity contribution in [2.45, 2.75) is 19.9 Å². The lowest BCUT2D eigenvalue weighted by Crippen LogP contribution is -2.26. The van der Waals surface area contributed by atoms with Crippen LogP contribution in [0.1, 0.15) is 22.3 Å². The van der Waals surface area contributed by atoms with E-state index in [1.165, 1.54) is 0 Å². The predicted octanol–water partition coefficient (Wildman–Crippen LogP) is 1.59. The summed E-state index contributed by atoms with van der Waals surface area (Å²) in [6.07, 6.45) is 6.27. The van der Waals surface area contributed by atoms with Gasteiger partial charge in [-0.1, -0.05) is 12.1 Å². The average Bonchev–Trinajstić information content (AvgIpc) is 2.87. The van der Waals surface area contributed by atoms with Gasteiger partial charge in [-0.3, -0.25) is 4.79 Å². The molecule has 0 aliphatic rings. The maximum absolute atomic E-state index is 12.0. The van der Waals surface area contributed by atoms with Gasteiger partial charge in [0.1, 0.15) is 0 Å². The number of hydrogen-bond acceptors (Lipinski definition) is 3. The van der Waals surface area contributed by atoms with Crippen molar-refractivity contribution >= 4 is 11.6 Å². The van der Waals surface area contributed by atoms with Crippen molar-refractivity contribution in [1.82, 2.24) is 14.9 Å². The largest absolute Gasteiger partial charge is 0.398 e. The first-order chi connectivity index (χ1) is 9.18. The van der Waals surface area contributed by atoms with Gasteiger partial charge >= 0.3 is 0 Å². The van der Waals surface area contributed by atoms with Crippen molar-refractivity contribution in [3.8, 4) is 0 Å². The zero-order chi connectivity index (χ0) is 13.7. The van der Waals surface area contributed by atoms with E-state index in [1.807, 2.05) is 29.8 Å². The Morgan fingerprint density at radius 3 is 3.00 bits per heavy atom. The fourth-order valence-corrected chi connectivity index (χ4v) is 1.97. The van der Waals surface area contributed by atoms with E-state index in [1.54, 1.807) is 18.6 Å². The van der Waals surface area contributed by atoms with Crippen LogP contribution in [0.4, 0.5) is 5.69 Å². The highest BCUT2D eigenvalue weighted by molar-refractivity contribution is 6.00. The summed E-state index contributed by atoms with van der Waals surface area (Å²) in [5, 5.41) is 2.89. The van der Waals surface area contributed by atoms with Gasteiger partial charge in [0.2, 0.25) is 0 Å². The molecular weight excluding hydrogens is 240 g/mol. The second-order valence-electron chi connectivity index (χ2n) is 4.45. The molecule has 0 aliphatic heterocycles. The van der Waals surface area contributed by atoms with Crippen LogP contribution in [0, 0.1) is 6.92 Å². The van der Waals surface area contributed by atoms with E-state index in [0.29, 0.717) is 17.8 Å². The first-order valence-corrected chi connectivity index (χ1v) is 6.27. The molecule has 0 unspecified atom stereocenters. The standard InChI is InChI=1S/C14H18N4O/c1-11-4-2-5-12(15)13(11)14(19)17-6-3-8-18-9-7-16-10-18/h2,4-5,7,9-10H,3,6,8,15H2,1H3,(H,17,19). The third-order valence-electron chi connectivity index (χ3n) is 2.97. The Labute approximate surface area is 112 Å². The molecule has 19 heavy (non-hydrogen) atoms. The number of benzene rings is 1. The summed E-state index contributed by atoms with van der Waals surface area (Å²) in [5.74, 6) is -0.110. The molecular formula is C14H18N4O. The second-order valence-corrected chi connectivity index (χ2v) is 4.45. The minimum atomic E-state index is -0.110. The lowest BCUT2D eigenvalue weighted by molar-refractivity contribution is 0.0953. The van der Waals surface area contributed by atoms with Crippen LogP contribution in [0.3, 0.4) is 0 Å². The Morgan fingerprint density at radius 2 is 2.32 bits per heavy atom. The number of nitrogens with zero attached hydrogens (tertiary/aromatic N) is 2. The van der Waals surface area contributed by atoms with Crippen LogP contribution in [-0.2, 0) is 6.54 Å². The first kappa shape index (κ1) is 13.1. The summed E-state index contributed by atoms with van der Waals surface area (Å²) in [4.78, 5) is 16.0. The monoisotopic (exact) mass is 258 g/mol. The fraction of sp³-hybridized carbons (Fsp3) is 0.286. The Hall–Kier alpha value is -2.30. The van der Waals surface area contributed by atoms with E-state index in [4.69, 9.17) is 5.73 Å². The average molecular weight is 258 g/mol. The SMILES string of the molecule is Cc1cccc(N)c1C(=O)NCCCn1ccnc1. The Balaban J connectivity index is 1.84. The number of nitrogen functional groups attached to an aromatic ring is 1. The van der Waals surface area contributed by atoms with Gasteiger partial charge < -0.3 is 15.6 Å². The summed E-state index contributed by atoms with van der Waals surface area (Å²) >= 11 is 0. The maximum Gasteiger partial charge on any atom is 0.253 e. The number of nitrogens with two attached hydrogens (primary N) is 1. The third-order valence-corrected chi connectivity index (χ3v) is 2.97. The van der Waals surface area contributed by atoms with Crippen molar-refractivity contribution < 1.29 is 4.79 Å². The molecule has 1 heterocycles. The molecule has 1 amide bonds. The molecule has 5 heteroatoms. The second kappa shape index (κ2) is 6.04. The van der Waals surface area contributed by atoms with Crippen LogP contribution in [0.25, 0.3) is 0 Å². The first-order valence-electron chi connectivity index (χ1n) is 6.27. The molecule has 0 spiro atoms. The molecule has 0 radical (unpaired) electrons. The summed E-state index contributed by atoms with van der Waals surface area (Å²) in [5.41, 5.74) is 7.82. The molecule has 1 aromatic heterocycles. The predicted molar refractivity (Wildman–Crippen MR) is 74.8 cm³/mol. The molecule has 0 fully saturated rings. The quantitative estimate of drug-likeness (QED) is 0.632. The van der Waals surface area contributed by atoms with Crippen molar-refractivity contribution in [3.63, 3.8) is 0 Å². The van der Waals surface area contributed by atoms with E-state index >= 15 is 0 Å². The highest BCUT2D eigenvalue weighted by atomic mass is 16.1. The lowest BCUT2D eigenvalue weighted by atomic mass is 10.1. The molecule has 0 atom stereocenters. The van der Waals surface area contributed by atoms with Crippen LogP contribution >= 0.6 is 0 Å². The van der Waals surface area contributed by atoms with Crippen LogP contribution in [-0.4, -0.2) is 22.0 Å². The molecule has 3 N–H and O–H groups in total. The number of carbonyl (C=O) groups excluding carboxylic acids is 1. The highest BCUT2D eigenvalue weighted by Crippen LogP contribution is 2.15. The van der Waals surface area contributed by atoms with Crippen LogP contribution in [0.2, 0.25) is 0 Å². The summed E-state index contributed by atoms with van der Waals surface area (Å²) in [7, 11) is 0. The van der Waals surface area contributed by atoms with Crippen LogP contribution in [0.5, 0.6) is 0 Å². The Morgan fingerprint density at radius 1 is 1.47 bits per heavy atom. The van der Waals surface area contributed by atoms with Crippen molar-refractivity contribution in [2.75, 3.05) is 12.3 Å². The summed E-state index contributed by atoms with van der Waals surface area (Å²) in [6, 6.07) is 5.48. The smallest absolute Gasteiger partial charge is 0.253 e. The molecule has 2 aromatic rings. The summed E-state index contributed by atoms with van der Waals surface area (Å²) < 4.78 is 1.98. The molecule has 5 nitrogen and oxygen atoms in total. The van der Waals surface area contributed by atoms with Gasteiger partial charge in [-0.05, 0) is 25.0 Å². The van der Waals surface area contributed by atoms with E-state index in [9.17, 15) is 4.79 Å². The third kappa shape index (κ3) is 3.34. The number of nitrogens with one attached hydrogen (secondary N) is 1. The lowest BCUT2D eigenvalue weighted by Gasteiger charge is -2.10. The Kier molecular flexibility index (Phi) is 4.18. The summed E-state index contributed by atoms with van der Waals surface area (Å²) in [6.45, 7) is 3.34. The molecule has 1 aromatic carbocycles. The van der Waals surface area contributed by atoms with Crippen molar-refractivity contribution in [2.24, 2.45) is 0 Å². The number of hydrogen-bond donors (Lipinski definition) is 2. The molecule has 0 aliphatic carbocycles. The molecule has 0 bridgehead atoms. The number of aromatic nitrogens is 2. The van der Waals surface area contributed by atoms with E-state index in [2.05, 4.69) is 10.3 Å². The minimum absolute atomic E-state index is 0.110. The van der Waals surface area contributed by atoms with Gasteiger partial charge in [-0.2, -0.15) is 0 Å². The molecule has 2 rings (SSSR count). The minimum Gasteiger partial charge on any atom is -0.398 e. The molecule has 100 valence electrons. The normalized spacial score (nSPS) is 10.4. The van der Waals surface area contributed by atoms with Crippen LogP contribution < -0.4 is 11.1 Å². The maximum atomic E-state index is 12.0. The number of aryl methyl sites for hydroxylation is 2. The number of carbonyl (C=O) groups is 1. The van der Waals surface area contributed by atoms with E-state index in [0.717, 1.165) is 18.5 Å². The van der Waals surface area contributed by atoms with Gasteiger partial charge in [0, 0.05) is 31.2 Å². The van der Waals surface area contributed by atoms with Crippen molar-refractivity contribution in [1.29, 1.82) is 0 Å². The van der Waals surface area contributed by atoms with Gasteiger partial charge in [0.25, 0.3) is 5.91 Å². The van der Waals surface area contributed by atoms with E-state index in [-0.39, 0.29) is 5.91 Å². The van der Waals surface area contributed by atoms with Gasteiger partial charge in [0.05, 0.1) is 11.9 Å². The number of amides is 1. The topological polar surface area (TPSA) is 72.9 Å². The van der Waals surface area contributed by atoms with Crippen LogP contribution in [0.15, 0.2) is 36.9 Å². The zero-order valence-corrected chi connectivity index (χ0v) is 11.0. The highest BCUT2D eigenvalue weighted by Gasteiger charge is 2.11. The molecule has 0 saturated heterocycles. The molecule has 0 saturated carbocycles.